The van der Waals surface area contributed by atoms with Gasteiger partial charge in [0, 0.05) is 119 Å². The Morgan fingerprint density at radius 2 is 0.824 bits per heavy atom. The van der Waals surface area contributed by atoms with Crippen molar-refractivity contribution in [1.82, 2.24) is 0 Å². The first-order valence-electron chi connectivity index (χ1n) is 35.0. The molecule has 3 fully saturated rings. The summed E-state index contributed by atoms with van der Waals surface area (Å²) in [6, 6.07) is 2.22. The molecule has 1 aromatic rings. The molecule has 596 valence electrons. The third-order valence-corrected chi connectivity index (χ3v) is 15.4. The summed E-state index contributed by atoms with van der Waals surface area (Å²) in [5.74, 6) is -15.0. The molecular formula is C75H98O33. The molecular weight excluding hydrogens is 1430 g/mol. The Kier molecular flexibility index (Phi) is 39.3. The molecule has 3 saturated heterocycles. The number of esters is 14. The van der Waals surface area contributed by atoms with Crippen LogP contribution in [0.3, 0.4) is 0 Å². The molecule has 3 heterocycles. The van der Waals surface area contributed by atoms with Gasteiger partial charge in [-0.05, 0) is 37.8 Å². The van der Waals surface area contributed by atoms with E-state index in [1.807, 2.05) is 25.2 Å². The van der Waals surface area contributed by atoms with Crippen LogP contribution in [-0.2, 0) is 154 Å². The van der Waals surface area contributed by atoms with Crippen LogP contribution in [0, 0.1) is 0 Å². The molecule has 16 atom stereocenters. The van der Waals surface area contributed by atoms with Gasteiger partial charge in [0.05, 0.1) is 0 Å². The van der Waals surface area contributed by atoms with Gasteiger partial charge in [-0.2, -0.15) is 0 Å². The second-order valence-corrected chi connectivity index (χ2v) is 24.7. The molecule has 0 aromatic heterocycles. The van der Waals surface area contributed by atoms with Crippen molar-refractivity contribution < 1.29 is 157 Å². The molecule has 4 rings (SSSR count). The molecule has 33 heteroatoms. The number of ether oxygens (including phenoxy) is 19. The zero-order valence-corrected chi connectivity index (χ0v) is 63.0. The highest BCUT2D eigenvalue weighted by Gasteiger charge is 2.61. The predicted molar refractivity (Wildman–Crippen MR) is 370 cm³/mol. The van der Waals surface area contributed by atoms with E-state index in [0.717, 1.165) is 139 Å². The molecule has 3 aliphatic heterocycles. The second kappa shape index (κ2) is 47.0. The van der Waals surface area contributed by atoms with Gasteiger partial charge in [0.25, 0.3) is 0 Å². The third kappa shape index (κ3) is 32.2. The first-order chi connectivity index (χ1) is 51.2. The van der Waals surface area contributed by atoms with E-state index < -0.39 is 214 Å². The van der Waals surface area contributed by atoms with Crippen molar-refractivity contribution >= 4 is 83.6 Å². The average Bonchev–Trinajstić information content (AvgIpc) is 0.747. The zero-order valence-electron chi connectivity index (χ0n) is 63.0. The SMILES string of the molecule is CCCCC/C=C\C=C\C(=O)OC[C@H]1O[C@@H](O[C@H]2[C@H](OC(=O)/C=C/C=C/CC(/C=C/C=C/CCCCC)OC(C)=O)[C@@H](OC(C)=O)[C@H](c3c(COC(C)=O)cc(OC(C)=O)cc3OC(C)=O)O[C@@H]2COC(C)=O)[C@H](O[C@@H]2O[C@H](COC(C)=O)[C@H](OC(C)=O)[C@H](OC(C)=O)[C@H]2OC(C)=O)[C@@H](OC(C)=O)[C@H]1OC(C)=O. The molecule has 0 N–H and O–H groups in total. The lowest BCUT2D eigenvalue weighted by Gasteiger charge is -2.51. The Labute approximate surface area is 625 Å². The number of carbonyl (C=O) groups is 14. The van der Waals surface area contributed by atoms with Crippen molar-refractivity contribution in [3.8, 4) is 11.5 Å². The molecule has 33 nitrogen and oxygen atoms in total. The molecule has 0 radical (unpaired) electrons. The summed E-state index contributed by atoms with van der Waals surface area (Å²) in [5.41, 5.74) is -0.513. The van der Waals surface area contributed by atoms with E-state index in [-0.39, 0.29) is 23.3 Å². The quantitative estimate of drug-likeness (QED) is 0.0156. The number of rotatable bonds is 39. The molecule has 1 aromatic carbocycles. The van der Waals surface area contributed by atoms with E-state index in [2.05, 4.69) is 6.92 Å². The fourth-order valence-electron chi connectivity index (χ4n) is 11.3. The highest BCUT2D eigenvalue weighted by molar-refractivity contribution is 5.83. The van der Waals surface area contributed by atoms with Crippen molar-refractivity contribution in [3.05, 3.63) is 96.2 Å². The van der Waals surface area contributed by atoms with Crippen LogP contribution in [0.25, 0.3) is 0 Å². The molecule has 108 heavy (non-hydrogen) atoms. The predicted octanol–water partition coefficient (Wildman–Crippen LogP) is 7.25. The van der Waals surface area contributed by atoms with Crippen LogP contribution in [0.2, 0.25) is 0 Å². The molecule has 0 aliphatic carbocycles. The monoisotopic (exact) mass is 1530 g/mol. The summed E-state index contributed by atoms with van der Waals surface area (Å²) >= 11 is 0. The minimum Gasteiger partial charge on any atom is -0.463 e. The van der Waals surface area contributed by atoms with Crippen molar-refractivity contribution in [2.24, 2.45) is 0 Å². The minimum atomic E-state index is -2.38. The number of allylic oxidation sites excluding steroid dienone is 8. The second-order valence-electron chi connectivity index (χ2n) is 24.7. The van der Waals surface area contributed by atoms with E-state index in [9.17, 15) is 67.1 Å². The van der Waals surface area contributed by atoms with Gasteiger partial charge in [-0.1, -0.05) is 94.2 Å². The summed E-state index contributed by atoms with van der Waals surface area (Å²) in [6.07, 6.45) is -6.16. The average molecular weight is 1530 g/mol. The smallest absolute Gasteiger partial charge is 0.331 e. The van der Waals surface area contributed by atoms with E-state index in [4.69, 9.17) is 90.0 Å². The Morgan fingerprint density at radius 1 is 0.389 bits per heavy atom. The van der Waals surface area contributed by atoms with Crippen LogP contribution in [-0.4, -0.2) is 195 Å². The van der Waals surface area contributed by atoms with Gasteiger partial charge in [0.2, 0.25) is 0 Å². The summed E-state index contributed by atoms with van der Waals surface area (Å²) in [5, 5.41) is 0. The topological polar surface area (TPSA) is 414 Å². The fraction of sp³-hybridized carbons (Fsp3) is 0.573. The van der Waals surface area contributed by atoms with E-state index in [1.165, 1.54) is 31.2 Å². The van der Waals surface area contributed by atoms with Gasteiger partial charge in [-0.15, -0.1) is 0 Å². The molecule has 3 aliphatic rings. The fourth-order valence-corrected chi connectivity index (χ4v) is 11.3. The Balaban J connectivity index is 2.20. The van der Waals surface area contributed by atoms with Gasteiger partial charge < -0.3 is 90.0 Å². The van der Waals surface area contributed by atoms with Gasteiger partial charge >= 0.3 is 83.6 Å². The summed E-state index contributed by atoms with van der Waals surface area (Å²) in [6.45, 7) is 12.6. The molecule has 0 bridgehead atoms. The maximum atomic E-state index is 14.9. The third-order valence-electron chi connectivity index (χ3n) is 15.4. The van der Waals surface area contributed by atoms with Gasteiger partial charge in [0.1, 0.15) is 74.6 Å². The number of carbonyl (C=O) groups excluding carboxylic acids is 14. The summed E-state index contributed by atoms with van der Waals surface area (Å²) in [7, 11) is 0. The lowest BCUT2D eigenvalue weighted by atomic mass is 9.87. The maximum Gasteiger partial charge on any atom is 0.331 e. The first kappa shape index (κ1) is 90.4. The lowest BCUT2D eigenvalue weighted by Crippen LogP contribution is -2.68. The zero-order chi connectivity index (χ0) is 80.2. The van der Waals surface area contributed by atoms with E-state index in [1.54, 1.807) is 24.3 Å². The van der Waals surface area contributed by atoms with Crippen LogP contribution in [0.1, 0.15) is 172 Å². The largest absolute Gasteiger partial charge is 0.463 e. The highest BCUT2D eigenvalue weighted by atomic mass is 16.8. The minimum absolute atomic E-state index is 0.0852. The Bertz CT molecular complexity index is 3450. The Hall–Kier alpha value is -9.96. The van der Waals surface area contributed by atoms with Crippen LogP contribution >= 0.6 is 0 Å². The number of benzene rings is 1. The number of hydrogen-bond acceptors (Lipinski definition) is 33. The number of hydrogen-bond donors (Lipinski definition) is 0. The van der Waals surface area contributed by atoms with E-state index in [0.29, 0.717) is 6.42 Å². The van der Waals surface area contributed by atoms with Crippen molar-refractivity contribution in [1.29, 1.82) is 0 Å². The van der Waals surface area contributed by atoms with Crippen LogP contribution in [0.5, 0.6) is 11.5 Å². The summed E-state index contributed by atoms with van der Waals surface area (Å²) in [4.78, 5) is 185. The molecule has 0 saturated carbocycles. The van der Waals surface area contributed by atoms with Gasteiger partial charge in [-0.25, -0.2) is 9.59 Å². The lowest BCUT2D eigenvalue weighted by molar-refractivity contribution is -0.383. The van der Waals surface area contributed by atoms with Gasteiger partial charge in [0.15, 0.2) is 61.4 Å². The highest BCUT2D eigenvalue weighted by Crippen LogP contribution is 2.46. The van der Waals surface area contributed by atoms with Crippen LogP contribution in [0.4, 0.5) is 0 Å². The molecule has 1 unspecified atom stereocenters. The molecule has 0 spiro atoms. The standard InChI is InChI=1S/C75H98O33/c1-15-17-19-21-23-25-28-32-55(94-45(6)79)33-29-27-31-35-62(89)106-68-66(58(39-91-43(4)77)103-67(71(68)101-52(13)86)63-54(38-90-42(3)76)36-56(95-46(7)80)37-57(63)96-47(8)81)107-75-73(108-74-72(102-53(14)87)69(99-50(11)84)64(97-48(9)82)59(104-74)40-92-44(5)78)70(100-51(12)85)65(98-49(10)83)60(105-75)41-93-61(88)34-30-26-24-22-20-18-16-2/h23-32,34-37,55,58-60,64-75H,15-22,33,38-41H2,1-14H3/b25-23+,26-24-,29-27+,32-28+,34-30+,35-31+/t55?,58-,59-,60-,64+,65+,66-,67+,68+,69+,70+,71+,72-,73-,74+,75+/m1/s1. The van der Waals surface area contributed by atoms with Crippen molar-refractivity contribution in [2.45, 2.75) is 259 Å². The first-order valence-corrected chi connectivity index (χ1v) is 35.0. The van der Waals surface area contributed by atoms with Gasteiger partial charge in [-0.3, -0.25) is 57.5 Å². The maximum absolute atomic E-state index is 14.9. The summed E-state index contributed by atoms with van der Waals surface area (Å²) < 4.78 is 113. The molecule has 0 amide bonds. The normalized spacial score (nSPS) is 24.4. The van der Waals surface area contributed by atoms with Crippen molar-refractivity contribution in [3.63, 3.8) is 0 Å². The number of unbranched alkanes of at least 4 members (excludes halogenated alkanes) is 6. The van der Waals surface area contributed by atoms with Crippen LogP contribution < -0.4 is 9.47 Å². The van der Waals surface area contributed by atoms with Crippen molar-refractivity contribution in [2.75, 3.05) is 19.8 Å². The van der Waals surface area contributed by atoms with E-state index >= 15 is 0 Å². The Morgan fingerprint density at radius 3 is 1.32 bits per heavy atom. The van der Waals surface area contributed by atoms with Crippen LogP contribution in [0.15, 0.2) is 85.0 Å².